The summed E-state index contributed by atoms with van der Waals surface area (Å²) >= 11 is 6.08. The number of anilines is 1. The largest absolute Gasteiger partial charge is 0.325 e. The zero-order valence-corrected chi connectivity index (χ0v) is 13.7. The van der Waals surface area contributed by atoms with Crippen LogP contribution in [0.1, 0.15) is 42.1 Å². The maximum atomic E-state index is 12.8. The highest BCUT2D eigenvalue weighted by molar-refractivity contribution is 6.30. The summed E-state index contributed by atoms with van der Waals surface area (Å²) in [4.78, 5) is 24.1. The van der Waals surface area contributed by atoms with E-state index >= 15 is 0 Å². The van der Waals surface area contributed by atoms with Crippen molar-refractivity contribution in [1.29, 1.82) is 0 Å². The van der Waals surface area contributed by atoms with Crippen molar-refractivity contribution < 1.29 is 9.59 Å². The minimum absolute atomic E-state index is 0.0114. The molecule has 0 aromatic heterocycles. The van der Waals surface area contributed by atoms with Crippen LogP contribution in [0.2, 0.25) is 5.02 Å². The van der Waals surface area contributed by atoms with Gasteiger partial charge in [0, 0.05) is 16.3 Å². The molecular weight excluding hydrogens is 310 g/mol. The van der Waals surface area contributed by atoms with Crippen molar-refractivity contribution in [3.63, 3.8) is 0 Å². The molecule has 2 aromatic rings. The predicted molar refractivity (Wildman–Crippen MR) is 92.1 cm³/mol. The number of Topliss-reactive ketones (excluding diaryl/α,β-unsaturated/α-hetero) is 1. The molecule has 0 spiro atoms. The molecule has 118 valence electrons. The van der Waals surface area contributed by atoms with Gasteiger partial charge in [-0.05, 0) is 61.7 Å². The molecule has 1 fully saturated rings. The summed E-state index contributed by atoms with van der Waals surface area (Å²) in [6.45, 7) is 1.52. The van der Waals surface area contributed by atoms with Crippen LogP contribution in [0.25, 0.3) is 0 Å². The van der Waals surface area contributed by atoms with Crippen LogP contribution < -0.4 is 5.32 Å². The van der Waals surface area contributed by atoms with Gasteiger partial charge in [-0.25, -0.2) is 0 Å². The quantitative estimate of drug-likeness (QED) is 0.834. The fraction of sp³-hybridized carbons (Fsp3) is 0.263. The second-order valence-corrected chi connectivity index (χ2v) is 6.47. The van der Waals surface area contributed by atoms with Crippen LogP contribution in [-0.2, 0) is 10.2 Å². The molecule has 0 heterocycles. The molecule has 0 saturated heterocycles. The van der Waals surface area contributed by atoms with Crippen LogP contribution in [0.3, 0.4) is 0 Å². The topological polar surface area (TPSA) is 46.2 Å². The van der Waals surface area contributed by atoms with E-state index in [0.717, 1.165) is 24.8 Å². The van der Waals surface area contributed by atoms with Gasteiger partial charge in [-0.1, -0.05) is 30.2 Å². The minimum Gasteiger partial charge on any atom is -0.325 e. The zero-order valence-electron chi connectivity index (χ0n) is 12.9. The van der Waals surface area contributed by atoms with Gasteiger partial charge in [0.2, 0.25) is 5.91 Å². The van der Waals surface area contributed by atoms with Crippen LogP contribution in [0, 0.1) is 0 Å². The normalized spacial score (nSPS) is 15.6. The lowest BCUT2D eigenvalue weighted by molar-refractivity contribution is -0.124. The van der Waals surface area contributed by atoms with Crippen molar-refractivity contribution in [3.8, 4) is 0 Å². The number of hydrogen-bond acceptors (Lipinski definition) is 2. The molecule has 0 radical (unpaired) electrons. The summed E-state index contributed by atoms with van der Waals surface area (Å²) in [7, 11) is 0. The number of carbonyl (C=O) groups excluding carboxylic acids is 2. The summed E-state index contributed by atoms with van der Waals surface area (Å²) in [5.41, 5.74) is 1.81. The Labute approximate surface area is 140 Å². The minimum atomic E-state index is -0.496. The third kappa shape index (κ3) is 3.02. The van der Waals surface area contributed by atoms with Crippen molar-refractivity contribution in [1.82, 2.24) is 0 Å². The van der Waals surface area contributed by atoms with Crippen LogP contribution >= 0.6 is 11.6 Å². The van der Waals surface area contributed by atoms with Crippen LogP contribution in [0.4, 0.5) is 5.69 Å². The first-order valence-electron chi connectivity index (χ1n) is 7.70. The van der Waals surface area contributed by atoms with E-state index in [0.29, 0.717) is 16.3 Å². The van der Waals surface area contributed by atoms with Gasteiger partial charge in [0.1, 0.15) is 0 Å². The van der Waals surface area contributed by atoms with Gasteiger partial charge in [0.25, 0.3) is 0 Å². The highest BCUT2D eigenvalue weighted by Crippen LogP contribution is 2.45. The molecule has 1 amide bonds. The smallest absolute Gasteiger partial charge is 0.235 e. The number of benzene rings is 2. The second kappa shape index (κ2) is 6.17. The molecular formula is C19H18ClNO2. The maximum absolute atomic E-state index is 12.8. The SMILES string of the molecule is CC(=O)c1ccc(NC(=O)C2(c3cccc(Cl)c3)CCC2)cc1. The average molecular weight is 328 g/mol. The number of rotatable bonds is 4. The summed E-state index contributed by atoms with van der Waals surface area (Å²) < 4.78 is 0. The van der Waals surface area contributed by atoms with E-state index in [1.807, 2.05) is 24.3 Å². The molecule has 4 heteroatoms. The third-order valence-corrected chi connectivity index (χ3v) is 4.80. The van der Waals surface area contributed by atoms with E-state index in [1.165, 1.54) is 6.92 Å². The third-order valence-electron chi connectivity index (χ3n) is 4.57. The molecule has 1 aliphatic carbocycles. The first kappa shape index (κ1) is 15.8. The van der Waals surface area contributed by atoms with E-state index < -0.39 is 5.41 Å². The Hall–Kier alpha value is -2.13. The Morgan fingerprint density at radius 3 is 2.30 bits per heavy atom. The van der Waals surface area contributed by atoms with Crippen LogP contribution in [-0.4, -0.2) is 11.7 Å². The lowest BCUT2D eigenvalue weighted by Crippen LogP contribution is -2.46. The molecule has 1 N–H and O–H groups in total. The summed E-state index contributed by atoms with van der Waals surface area (Å²) in [5.74, 6) is -0.00106. The van der Waals surface area contributed by atoms with Crippen molar-refractivity contribution in [2.45, 2.75) is 31.6 Å². The van der Waals surface area contributed by atoms with Crippen molar-refractivity contribution in [3.05, 3.63) is 64.7 Å². The zero-order chi connectivity index (χ0) is 16.4. The lowest BCUT2D eigenvalue weighted by Gasteiger charge is -2.40. The Balaban J connectivity index is 1.82. The molecule has 23 heavy (non-hydrogen) atoms. The van der Waals surface area contributed by atoms with Crippen molar-refractivity contribution >= 4 is 29.0 Å². The number of halogens is 1. The summed E-state index contributed by atoms with van der Waals surface area (Å²) in [5, 5.41) is 3.62. The van der Waals surface area contributed by atoms with E-state index in [-0.39, 0.29) is 11.7 Å². The van der Waals surface area contributed by atoms with Gasteiger partial charge in [-0.3, -0.25) is 9.59 Å². The second-order valence-electron chi connectivity index (χ2n) is 6.03. The molecule has 1 aliphatic rings. The number of nitrogens with one attached hydrogen (secondary N) is 1. The molecule has 0 unspecified atom stereocenters. The standard InChI is InChI=1S/C19H18ClNO2/c1-13(22)14-6-8-17(9-7-14)21-18(23)19(10-3-11-19)15-4-2-5-16(20)12-15/h2,4-9,12H,3,10-11H2,1H3,(H,21,23). The maximum Gasteiger partial charge on any atom is 0.235 e. The Bertz CT molecular complexity index is 748. The van der Waals surface area contributed by atoms with E-state index in [2.05, 4.69) is 5.32 Å². The molecule has 0 aliphatic heterocycles. The van der Waals surface area contributed by atoms with Crippen molar-refractivity contribution in [2.24, 2.45) is 0 Å². The fourth-order valence-corrected chi connectivity index (χ4v) is 3.19. The van der Waals surface area contributed by atoms with Gasteiger partial charge in [-0.15, -0.1) is 0 Å². The summed E-state index contributed by atoms with van der Waals surface area (Å²) in [6, 6.07) is 14.5. The molecule has 2 aromatic carbocycles. The fourth-order valence-electron chi connectivity index (χ4n) is 3.00. The Morgan fingerprint density at radius 2 is 1.78 bits per heavy atom. The molecule has 1 saturated carbocycles. The van der Waals surface area contributed by atoms with Crippen LogP contribution in [0.5, 0.6) is 0 Å². The predicted octanol–water partition coefficient (Wildman–Crippen LogP) is 4.60. The molecule has 0 bridgehead atoms. The molecule has 3 nitrogen and oxygen atoms in total. The number of hydrogen-bond donors (Lipinski definition) is 1. The highest BCUT2D eigenvalue weighted by atomic mass is 35.5. The number of carbonyl (C=O) groups is 2. The molecule has 3 rings (SSSR count). The van der Waals surface area contributed by atoms with Gasteiger partial charge >= 0.3 is 0 Å². The Kier molecular flexibility index (Phi) is 4.22. The Morgan fingerprint density at radius 1 is 1.09 bits per heavy atom. The van der Waals surface area contributed by atoms with E-state index in [4.69, 9.17) is 11.6 Å². The first-order chi connectivity index (χ1) is 11.0. The van der Waals surface area contributed by atoms with Gasteiger partial charge in [-0.2, -0.15) is 0 Å². The van der Waals surface area contributed by atoms with Gasteiger partial charge in [0.15, 0.2) is 5.78 Å². The summed E-state index contributed by atoms with van der Waals surface area (Å²) in [6.07, 6.45) is 2.68. The van der Waals surface area contributed by atoms with Gasteiger partial charge in [0.05, 0.1) is 5.41 Å². The number of ketones is 1. The van der Waals surface area contributed by atoms with E-state index in [1.54, 1.807) is 24.3 Å². The van der Waals surface area contributed by atoms with Crippen LogP contribution in [0.15, 0.2) is 48.5 Å². The first-order valence-corrected chi connectivity index (χ1v) is 8.08. The molecule has 0 atom stereocenters. The van der Waals surface area contributed by atoms with Crippen molar-refractivity contribution in [2.75, 3.05) is 5.32 Å². The monoisotopic (exact) mass is 327 g/mol. The van der Waals surface area contributed by atoms with E-state index in [9.17, 15) is 9.59 Å². The lowest BCUT2D eigenvalue weighted by atomic mass is 9.64. The average Bonchev–Trinajstić information content (AvgIpc) is 2.46. The number of amides is 1. The van der Waals surface area contributed by atoms with Gasteiger partial charge < -0.3 is 5.32 Å². The highest BCUT2D eigenvalue weighted by Gasteiger charge is 2.45.